The molecule has 1 aromatic carbocycles. The van der Waals surface area contributed by atoms with Gasteiger partial charge in [-0.25, -0.2) is 9.07 Å². The van der Waals surface area contributed by atoms with Gasteiger partial charge in [0.15, 0.2) is 11.7 Å². The summed E-state index contributed by atoms with van der Waals surface area (Å²) in [6.07, 6.45) is 6.16. The van der Waals surface area contributed by atoms with Gasteiger partial charge in [0.05, 0.1) is 5.69 Å². The molecule has 3 nitrogen and oxygen atoms in total. The second kappa shape index (κ2) is 8.75. The molecule has 1 heterocycles. The van der Waals surface area contributed by atoms with Crippen LogP contribution >= 0.6 is 0 Å². The summed E-state index contributed by atoms with van der Waals surface area (Å²) in [7, 11) is 0. The molecular weight excluding hydrogens is 313 g/mol. The molecule has 0 aliphatic heterocycles. The first-order valence-electron chi connectivity index (χ1n) is 8.96. The van der Waals surface area contributed by atoms with Gasteiger partial charge < -0.3 is 0 Å². The van der Waals surface area contributed by atoms with E-state index in [2.05, 4.69) is 43.2 Å². The lowest BCUT2D eigenvalue weighted by molar-refractivity contribution is 0.342. The van der Waals surface area contributed by atoms with Crippen molar-refractivity contribution in [3.8, 4) is 0 Å². The Hall–Kier alpha value is -2.23. The van der Waals surface area contributed by atoms with E-state index in [-0.39, 0.29) is 5.84 Å². The molecule has 1 N–H and O–H groups in total. The lowest BCUT2D eigenvalue weighted by atomic mass is 9.82. The van der Waals surface area contributed by atoms with Crippen LogP contribution in [0.5, 0.6) is 0 Å². The largest absolute Gasteiger partial charge is 0.280 e. The summed E-state index contributed by atoms with van der Waals surface area (Å²) < 4.78 is 15.0. The third-order valence-corrected chi connectivity index (χ3v) is 4.92. The second-order valence-corrected chi connectivity index (χ2v) is 6.71. The quantitative estimate of drug-likeness (QED) is 0.536. The predicted octanol–water partition coefficient (Wildman–Crippen LogP) is 5.34. The number of benzene rings is 1. The fourth-order valence-corrected chi connectivity index (χ4v) is 3.24. The molecule has 0 bridgehead atoms. The van der Waals surface area contributed by atoms with Crippen LogP contribution in [-0.2, 0) is 12.8 Å². The SMILES string of the molecule is CC=C(F)C(=N)n1cc(CC(C)C(CC)Cc2ccccc2)c(C)n1. The fraction of sp³-hybridized carbons (Fsp3) is 0.429. The van der Waals surface area contributed by atoms with Crippen molar-refractivity contribution in [2.75, 3.05) is 0 Å². The van der Waals surface area contributed by atoms with Crippen molar-refractivity contribution < 1.29 is 4.39 Å². The van der Waals surface area contributed by atoms with Crippen molar-refractivity contribution in [3.05, 3.63) is 65.3 Å². The van der Waals surface area contributed by atoms with Crippen molar-refractivity contribution in [2.24, 2.45) is 11.8 Å². The Morgan fingerprint density at radius 1 is 1.28 bits per heavy atom. The maximum atomic E-state index is 13.6. The van der Waals surface area contributed by atoms with Gasteiger partial charge in [0.2, 0.25) is 0 Å². The molecule has 2 unspecified atom stereocenters. The molecule has 2 aromatic rings. The molecular formula is C21H28FN3. The van der Waals surface area contributed by atoms with Crippen molar-refractivity contribution in [2.45, 2.75) is 47.0 Å². The smallest absolute Gasteiger partial charge is 0.181 e. The van der Waals surface area contributed by atoms with Gasteiger partial charge in [0.1, 0.15) is 0 Å². The van der Waals surface area contributed by atoms with E-state index in [1.165, 1.54) is 16.3 Å². The Bertz CT molecular complexity index is 731. The standard InChI is InChI=1S/C21H28FN3/c1-5-18(13-17-10-8-7-9-11-17)15(3)12-19-14-25(24-16(19)4)21(23)20(22)6-2/h6-11,14-15,18,23H,5,12-13H2,1-4H3. The molecule has 4 heteroatoms. The summed E-state index contributed by atoms with van der Waals surface area (Å²) in [4.78, 5) is 0. The Labute approximate surface area is 150 Å². The van der Waals surface area contributed by atoms with E-state index in [0.717, 1.165) is 30.5 Å². The van der Waals surface area contributed by atoms with Gasteiger partial charge in [-0.3, -0.25) is 5.41 Å². The summed E-state index contributed by atoms with van der Waals surface area (Å²) in [5.74, 6) is 0.303. The van der Waals surface area contributed by atoms with Crippen LogP contribution in [0.4, 0.5) is 4.39 Å². The number of aryl methyl sites for hydroxylation is 1. The number of allylic oxidation sites excluding steroid dienone is 2. The lowest BCUT2D eigenvalue weighted by Gasteiger charge is -2.22. The first-order valence-corrected chi connectivity index (χ1v) is 8.96. The molecule has 0 fully saturated rings. The number of nitrogens with zero attached hydrogens (tertiary/aromatic N) is 2. The predicted molar refractivity (Wildman–Crippen MR) is 102 cm³/mol. The second-order valence-electron chi connectivity index (χ2n) is 6.71. The number of halogens is 1. The fourth-order valence-electron chi connectivity index (χ4n) is 3.24. The van der Waals surface area contributed by atoms with Gasteiger partial charge in [-0.2, -0.15) is 5.10 Å². The van der Waals surface area contributed by atoms with Gasteiger partial charge in [0.25, 0.3) is 0 Å². The van der Waals surface area contributed by atoms with Crippen LogP contribution in [0.2, 0.25) is 0 Å². The van der Waals surface area contributed by atoms with Crippen LogP contribution in [0.3, 0.4) is 0 Å². The molecule has 0 saturated heterocycles. The Kier molecular flexibility index (Phi) is 6.68. The van der Waals surface area contributed by atoms with E-state index in [9.17, 15) is 4.39 Å². The summed E-state index contributed by atoms with van der Waals surface area (Å²) in [6.45, 7) is 8.01. The van der Waals surface area contributed by atoms with E-state index >= 15 is 0 Å². The molecule has 0 saturated carbocycles. The average molecular weight is 341 g/mol. The highest BCUT2D eigenvalue weighted by Gasteiger charge is 2.19. The highest BCUT2D eigenvalue weighted by molar-refractivity contribution is 5.94. The maximum absolute atomic E-state index is 13.6. The zero-order valence-electron chi connectivity index (χ0n) is 15.6. The molecule has 134 valence electrons. The lowest BCUT2D eigenvalue weighted by Crippen LogP contribution is -2.16. The first kappa shape index (κ1) is 19.1. The topological polar surface area (TPSA) is 41.7 Å². The minimum absolute atomic E-state index is 0.208. The van der Waals surface area contributed by atoms with Gasteiger partial charge in [-0.15, -0.1) is 0 Å². The number of nitrogens with one attached hydrogen (secondary N) is 1. The van der Waals surface area contributed by atoms with Crippen molar-refractivity contribution >= 4 is 5.84 Å². The van der Waals surface area contributed by atoms with Crippen LogP contribution in [0, 0.1) is 24.2 Å². The van der Waals surface area contributed by atoms with Crippen molar-refractivity contribution in [1.29, 1.82) is 5.41 Å². The number of hydrogen-bond donors (Lipinski definition) is 1. The number of rotatable bonds is 7. The van der Waals surface area contributed by atoms with Crippen molar-refractivity contribution in [1.82, 2.24) is 9.78 Å². The number of aromatic nitrogens is 2. The Morgan fingerprint density at radius 3 is 2.56 bits per heavy atom. The van der Waals surface area contributed by atoms with Crippen LogP contribution in [-0.4, -0.2) is 15.6 Å². The van der Waals surface area contributed by atoms with Gasteiger partial charge in [0, 0.05) is 6.20 Å². The Morgan fingerprint density at radius 2 is 1.96 bits per heavy atom. The Balaban J connectivity index is 2.09. The third kappa shape index (κ3) is 4.88. The monoisotopic (exact) mass is 341 g/mol. The zero-order chi connectivity index (χ0) is 18.4. The van der Waals surface area contributed by atoms with E-state index in [1.807, 2.05) is 13.0 Å². The molecule has 0 aliphatic carbocycles. The number of hydrogen-bond acceptors (Lipinski definition) is 2. The first-order chi connectivity index (χ1) is 12.0. The highest BCUT2D eigenvalue weighted by atomic mass is 19.1. The average Bonchev–Trinajstić information content (AvgIpc) is 2.99. The molecule has 0 radical (unpaired) electrons. The van der Waals surface area contributed by atoms with Crippen LogP contribution in [0.1, 0.15) is 44.0 Å². The summed E-state index contributed by atoms with van der Waals surface area (Å²) in [6, 6.07) is 10.6. The van der Waals surface area contributed by atoms with Crippen molar-refractivity contribution in [3.63, 3.8) is 0 Å². The van der Waals surface area contributed by atoms with E-state index in [1.54, 1.807) is 13.1 Å². The zero-order valence-corrected chi connectivity index (χ0v) is 15.6. The van der Waals surface area contributed by atoms with E-state index in [4.69, 9.17) is 5.41 Å². The van der Waals surface area contributed by atoms with Crippen LogP contribution in [0.15, 0.2) is 48.4 Å². The minimum Gasteiger partial charge on any atom is -0.280 e. The van der Waals surface area contributed by atoms with E-state index < -0.39 is 5.83 Å². The molecule has 0 spiro atoms. The van der Waals surface area contributed by atoms with Crippen LogP contribution in [0.25, 0.3) is 0 Å². The van der Waals surface area contributed by atoms with Gasteiger partial charge in [-0.05, 0) is 55.7 Å². The minimum atomic E-state index is -0.558. The van der Waals surface area contributed by atoms with E-state index in [0.29, 0.717) is 11.8 Å². The molecule has 2 atom stereocenters. The summed E-state index contributed by atoms with van der Waals surface area (Å²) in [5.41, 5.74) is 3.33. The third-order valence-electron chi connectivity index (χ3n) is 4.92. The molecule has 0 aliphatic rings. The van der Waals surface area contributed by atoms with Crippen LogP contribution < -0.4 is 0 Å². The molecule has 25 heavy (non-hydrogen) atoms. The molecule has 2 rings (SSSR count). The summed E-state index contributed by atoms with van der Waals surface area (Å²) >= 11 is 0. The summed E-state index contributed by atoms with van der Waals surface area (Å²) in [5, 5.41) is 12.2. The highest BCUT2D eigenvalue weighted by Crippen LogP contribution is 2.25. The molecule has 0 amide bonds. The van der Waals surface area contributed by atoms with Gasteiger partial charge in [-0.1, -0.05) is 50.6 Å². The van der Waals surface area contributed by atoms with Gasteiger partial charge >= 0.3 is 0 Å². The molecule has 1 aromatic heterocycles. The maximum Gasteiger partial charge on any atom is 0.181 e. The normalized spacial score (nSPS) is 14.4.